The summed E-state index contributed by atoms with van der Waals surface area (Å²) in [7, 11) is 0. The standard InChI is InChI=1S/C24H31ClN4OS/c1-5-27(6-2)16-17-29(24-26-22-20(25)10-9-11-21(22)31-24)23(30)18-12-14-19(15-13-18)28(7-3)8-4/h9-15H,5-8,16-17H2,1-4H3. The van der Waals surface area contributed by atoms with E-state index in [1.165, 1.54) is 11.3 Å². The average Bonchev–Trinajstić information content (AvgIpc) is 3.23. The maximum absolute atomic E-state index is 13.5. The lowest BCUT2D eigenvalue weighted by Crippen LogP contribution is -2.38. The molecule has 1 amide bonds. The van der Waals surface area contributed by atoms with Crippen LogP contribution in [-0.4, -0.2) is 55.1 Å². The normalized spacial score (nSPS) is 11.3. The molecule has 0 saturated heterocycles. The Morgan fingerprint density at radius 2 is 1.61 bits per heavy atom. The number of benzene rings is 2. The van der Waals surface area contributed by atoms with Gasteiger partial charge in [-0.3, -0.25) is 9.69 Å². The third kappa shape index (κ3) is 5.37. The fourth-order valence-corrected chi connectivity index (χ4v) is 4.93. The highest BCUT2D eigenvalue weighted by Crippen LogP contribution is 2.33. The van der Waals surface area contributed by atoms with Crippen molar-refractivity contribution in [3.63, 3.8) is 0 Å². The number of carbonyl (C=O) groups excluding carboxylic acids is 1. The second-order valence-corrected chi connectivity index (χ2v) is 8.70. The lowest BCUT2D eigenvalue weighted by Gasteiger charge is -2.25. The van der Waals surface area contributed by atoms with Crippen LogP contribution in [0.2, 0.25) is 5.02 Å². The Kier molecular flexibility index (Phi) is 8.29. The Bertz CT molecular complexity index is 996. The van der Waals surface area contributed by atoms with Gasteiger partial charge in [-0.05, 0) is 63.3 Å². The van der Waals surface area contributed by atoms with E-state index in [1.54, 1.807) is 4.90 Å². The summed E-state index contributed by atoms with van der Waals surface area (Å²) in [6.45, 7) is 13.7. The fraction of sp³-hybridized carbons (Fsp3) is 0.417. The average molecular weight is 459 g/mol. The summed E-state index contributed by atoms with van der Waals surface area (Å²) < 4.78 is 0.986. The lowest BCUT2D eigenvalue weighted by molar-refractivity contribution is 0.0984. The molecular weight excluding hydrogens is 428 g/mol. The van der Waals surface area contributed by atoms with Crippen molar-refractivity contribution in [1.29, 1.82) is 0 Å². The van der Waals surface area contributed by atoms with Crippen molar-refractivity contribution < 1.29 is 4.79 Å². The van der Waals surface area contributed by atoms with Crippen molar-refractivity contribution in [2.75, 3.05) is 49.1 Å². The largest absolute Gasteiger partial charge is 0.372 e. The van der Waals surface area contributed by atoms with Gasteiger partial charge in [-0.1, -0.05) is 42.9 Å². The number of fused-ring (bicyclic) bond motifs is 1. The van der Waals surface area contributed by atoms with Crippen LogP contribution in [0.15, 0.2) is 42.5 Å². The lowest BCUT2D eigenvalue weighted by atomic mass is 10.1. The van der Waals surface area contributed by atoms with Crippen LogP contribution in [0.1, 0.15) is 38.1 Å². The molecule has 1 heterocycles. The van der Waals surface area contributed by atoms with Crippen molar-refractivity contribution in [1.82, 2.24) is 9.88 Å². The molecular formula is C24H31ClN4OS. The van der Waals surface area contributed by atoms with Gasteiger partial charge in [-0.2, -0.15) is 0 Å². The zero-order valence-electron chi connectivity index (χ0n) is 18.8. The molecule has 0 saturated carbocycles. The molecule has 0 fully saturated rings. The smallest absolute Gasteiger partial charge is 0.260 e. The van der Waals surface area contributed by atoms with Gasteiger partial charge in [-0.15, -0.1) is 0 Å². The van der Waals surface area contributed by atoms with E-state index in [-0.39, 0.29) is 5.91 Å². The maximum Gasteiger partial charge on any atom is 0.260 e. The zero-order valence-corrected chi connectivity index (χ0v) is 20.3. The topological polar surface area (TPSA) is 39.7 Å². The number of hydrogen-bond donors (Lipinski definition) is 0. The number of halogens is 1. The number of thiazole rings is 1. The Labute approximate surface area is 194 Å². The van der Waals surface area contributed by atoms with Crippen molar-refractivity contribution in [2.45, 2.75) is 27.7 Å². The van der Waals surface area contributed by atoms with Crippen LogP contribution in [0.4, 0.5) is 10.8 Å². The Balaban J connectivity index is 1.92. The van der Waals surface area contributed by atoms with E-state index >= 15 is 0 Å². The molecule has 0 aliphatic heterocycles. The summed E-state index contributed by atoms with van der Waals surface area (Å²) in [5.41, 5.74) is 2.55. The number of anilines is 2. The first kappa shape index (κ1) is 23.5. The van der Waals surface area contributed by atoms with E-state index in [0.29, 0.717) is 22.3 Å². The highest BCUT2D eigenvalue weighted by molar-refractivity contribution is 7.22. The highest BCUT2D eigenvalue weighted by atomic mass is 35.5. The maximum atomic E-state index is 13.5. The molecule has 0 N–H and O–H groups in total. The van der Waals surface area contributed by atoms with Gasteiger partial charge in [0, 0.05) is 37.4 Å². The number of nitrogens with zero attached hydrogens (tertiary/aromatic N) is 4. The summed E-state index contributed by atoms with van der Waals surface area (Å²) in [5, 5.41) is 1.30. The van der Waals surface area contributed by atoms with Gasteiger partial charge in [0.1, 0.15) is 5.52 Å². The second-order valence-electron chi connectivity index (χ2n) is 7.29. The summed E-state index contributed by atoms with van der Waals surface area (Å²) in [6.07, 6.45) is 0. The molecule has 166 valence electrons. The van der Waals surface area contributed by atoms with Gasteiger partial charge in [-0.25, -0.2) is 4.98 Å². The first-order valence-corrected chi connectivity index (χ1v) is 12.2. The van der Waals surface area contributed by atoms with Crippen molar-refractivity contribution in [3.8, 4) is 0 Å². The van der Waals surface area contributed by atoms with E-state index < -0.39 is 0 Å². The van der Waals surface area contributed by atoms with Crippen LogP contribution in [0.5, 0.6) is 0 Å². The summed E-state index contributed by atoms with van der Waals surface area (Å²) >= 11 is 7.85. The number of rotatable bonds is 10. The van der Waals surface area contributed by atoms with Crippen molar-refractivity contribution >= 4 is 49.9 Å². The summed E-state index contributed by atoms with van der Waals surface area (Å²) in [5.74, 6) is -0.0339. The third-order valence-electron chi connectivity index (χ3n) is 5.61. The monoisotopic (exact) mass is 458 g/mol. The number of carbonyl (C=O) groups is 1. The molecule has 0 aliphatic rings. The quantitative estimate of drug-likeness (QED) is 0.385. The molecule has 0 atom stereocenters. The van der Waals surface area contributed by atoms with Crippen LogP contribution in [0.3, 0.4) is 0 Å². The Morgan fingerprint density at radius 3 is 2.19 bits per heavy atom. The first-order chi connectivity index (χ1) is 15.0. The van der Waals surface area contributed by atoms with E-state index in [2.05, 4.69) is 37.5 Å². The minimum atomic E-state index is -0.0339. The van der Waals surface area contributed by atoms with E-state index in [9.17, 15) is 4.79 Å². The molecule has 2 aromatic carbocycles. The van der Waals surface area contributed by atoms with E-state index in [1.807, 2.05) is 42.5 Å². The molecule has 0 bridgehead atoms. The second kappa shape index (κ2) is 10.9. The molecule has 5 nitrogen and oxygen atoms in total. The summed E-state index contributed by atoms with van der Waals surface area (Å²) in [6, 6.07) is 13.6. The first-order valence-electron chi connectivity index (χ1n) is 11.0. The number of likely N-dealkylation sites (N-methyl/N-ethyl adjacent to an activating group) is 1. The van der Waals surface area contributed by atoms with Crippen LogP contribution in [0, 0.1) is 0 Å². The molecule has 0 aliphatic carbocycles. The van der Waals surface area contributed by atoms with Crippen molar-refractivity contribution in [2.24, 2.45) is 0 Å². The predicted octanol–water partition coefficient (Wildman–Crippen LogP) is 5.78. The third-order valence-corrected chi connectivity index (χ3v) is 6.96. The molecule has 1 aromatic heterocycles. The molecule has 0 radical (unpaired) electrons. The summed E-state index contributed by atoms with van der Waals surface area (Å²) in [4.78, 5) is 24.6. The highest BCUT2D eigenvalue weighted by Gasteiger charge is 2.22. The van der Waals surface area contributed by atoms with E-state index in [0.717, 1.165) is 48.6 Å². The van der Waals surface area contributed by atoms with Gasteiger partial charge < -0.3 is 9.80 Å². The molecule has 7 heteroatoms. The van der Waals surface area contributed by atoms with Crippen LogP contribution >= 0.6 is 22.9 Å². The molecule has 0 spiro atoms. The van der Waals surface area contributed by atoms with Gasteiger partial charge in [0.2, 0.25) is 0 Å². The minimum Gasteiger partial charge on any atom is -0.372 e. The number of para-hydroxylation sites is 1. The molecule has 0 unspecified atom stereocenters. The number of hydrogen-bond acceptors (Lipinski definition) is 5. The van der Waals surface area contributed by atoms with E-state index in [4.69, 9.17) is 16.6 Å². The van der Waals surface area contributed by atoms with Crippen molar-refractivity contribution in [3.05, 3.63) is 53.1 Å². The Hall–Kier alpha value is -2.15. The molecule has 3 rings (SSSR count). The van der Waals surface area contributed by atoms with Gasteiger partial charge in [0.05, 0.1) is 9.72 Å². The van der Waals surface area contributed by atoms with Crippen LogP contribution in [0.25, 0.3) is 10.2 Å². The fourth-order valence-electron chi connectivity index (χ4n) is 3.64. The predicted molar refractivity (Wildman–Crippen MR) is 134 cm³/mol. The molecule has 31 heavy (non-hydrogen) atoms. The number of aromatic nitrogens is 1. The molecule has 3 aromatic rings. The van der Waals surface area contributed by atoms with Gasteiger partial charge >= 0.3 is 0 Å². The zero-order chi connectivity index (χ0) is 22.4. The Morgan fingerprint density at radius 1 is 0.935 bits per heavy atom. The van der Waals surface area contributed by atoms with Crippen LogP contribution in [-0.2, 0) is 0 Å². The van der Waals surface area contributed by atoms with Crippen LogP contribution < -0.4 is 9.80 Å². The number of amides is 1. The van der Waals surface area contributed by atoms with Gasteiger partial charge in [0.25, 0.3) is 5.91 Å². The minimum absolute atomic E-state index is 0.0339. The SMILES string of the molecule is CCN(CC)CCN(C(=O)c1ccc(N(CC)CC)cc1)c1nc2c(Cl)cccc2s1. The van der Waals surface area contributed by atoms with Gasteiger partial charge in [0.15, 0.2) is 5.13 Å².